The summed E-state index contributed by atoms with van der Waals surface area (Å²) in [6.07, 6.45) is -3.71. The zero-order chi connectivity index (χ0) is 26.7. The number of fused-ring (bicyclic) bond motifs is 1. The summed E-state index contributed by atoms with van der Waals surface area (Å²) in [5, 5.41) is 25.6. The monoisotopic (exact) mass is 577 g/mol. The smallest absolute Gasteiger partial charge is 0.417 e. The highest BCUT2D eigenvalue weighted by Gasteiger charge is 2.41. The highest BCUT2D eigenvalue weighted by Crippen LogP contribution is 2.38. The van der Waals surface area contributed by atoms with Gasteiger partial charge < -0.3 is 29.2 Å². The van der Waals surface area contributed by atoms with E-state index < -0.39 is 36.0 Å². The molecular weight excluding hydrogens is 566 g/mol. The summed E-state index contributed by atoms with van der Waals surface area (Å²) in [4.78, 5) is 19.8. The molecule has 1 unspecified atom stereocenters. The largest absolute Gasteiger partial charge is 0.487 e. The second-order valence-corrected chi connectivity index (χ2v) is 9.31. The van der Waals surface area contributed by atoms with Crippen LogP contribution in [0, 0.1) is 0 Å². The van der Waals surface area contributed by atoms with Crippen LogP contribution in [-0.4, -0.2) is 54.1 Å². The average molecular weight is 579 g/mol. The van der Waals surface area contributed by atoms with E-state index in [4.69, 9.17) is 44.1 Å². The zero-order valence-electron chi connectivity index (χ0n) is 18.1. The number of amides is 1. The van der Waals surface area contributed by atoms with Gasteiger partial charge in [-0.2, -0.15) is 18.2 Å². The number of rotatable bonds is 4. The molecule has 1 aliphatic heterocycles. The fraction of sp³-hybridized carbons (Fsp3) is 0.238. The van der Waals surface area contributed by atoms with Gasteiger partial charge in [-0.1, -0.05) is 40.0 Å². The van der Waals surface area contributed by atoms with Crippen LogP contribution in [0.15, 0.2) is 35.1 Å². The average Bonchev–Trinajstić information content (AvgIpc) is 3.45. The number of aliphatic hydroxyl groups is 2. The van der Waals surface area contributed by atoms with Gasteiger partial charge in [0.2, 0.25) is 11.6 Å². The van der Waals surface area contributed by atoms with Crippen LogP contribution in [0.25, 0.3) is 28.6 Å². The van der Waals surface area contributed by atoms with Crippen molar-refractivity contribution in [2.24, 2.45) is 0 Å². The van der Waals surface area contributed by atoms with Crippen molar-refractivity contribution < 1.29 is 37.4 Å². The van der Waals surface area contributed by atoms with Gasteiger partial charge in [-0.05, 0) is 12.1 Å². The van der Waals surface area contributed by atoms with Crippen molar-refractivity contribution in [1.82, 2.24) is 24.8 Å². The fourth-order valence-electron chi connectivity index (χ4n) is 3.64. The summed E-state index contributed by atoms with van der Waals surface area (Å²) in [5.74, 6) is -3.53. The van der Waals surface area contributed by atoms with E-state index >= 15 is 0 Å². The van der Waals surface area contributed by atoms with E-state index in [-0.39, 0.29) is 56.0 Å². The number of hydrogen-bond acceptors (Lipinski definition) is 8. The van der Waals surface area contributed by atoms with Crippen molar-refractivity contribution >= 4 is 46.4 Å². The Balaban J connectivity index is 1.41. The lowest BCUT2D eigenvalue weighted by Crippen LogP contribution is -2.57. The SMILES string of the molecule is O=C1NCC(Oc2cc(Cl)c(-c3noc(-c4cn5cc(C(F)(F)F)cc(Cl)c5n4)n3)cc2Cl)CC1(O)O. The highest BCUT2D eigenvalue weighted by atomic mass is 35.5. The van der Waals surface area contributed by atoms with Gasteiger partial charge in [-0.3, -0.25) is 4.79 Å². The van der Waals surface area contributed by atoms with Crippen molar-refractivity contribution in [3.63, 3.8) is 0 Å². The fourth-order valence-corrected chi connectivity index (χ4v) is 4.34. The Morgan fingerprint density at radius 3 is 2.57 bits per heavy atom. The van der Waals surface area contributed by atoms with Crippen molar-refractivity contribution in [2.75, 3.05) is 6.54 Å². The number of aromatic nitrogens is 4. The molecule has 4 heterocycles. The molecule has 0 bridgehead atoms. The van der Waals surface area contributed by atoms with Gasteiger partial charge in [0.15, 0.2) is 5.65 Å². The van der Waals surface area contributed by atoms with E-state index in [1.54, 1.807) is 0 Å². The molecule has 1 amide bonds. The number of carbonyl (C=O) groups excluding carboxylic acids is 1. The lowest BCUT2D eigenvalue weighted by atomic mass is 10.0. The van der Waals surface area contributed by atoms with Gasteiger partial charge in [0, 0.05) is 30.4 Å². The first-order chi connectivity index (χ1) is 17.3. The van der Waals surface area contributed by atoms with E-state index in [1.807, 2.05) is 0 Å². The molecule has 1 atom stereocenters. The molecule has 194 valence electrons. The maximum Gasteiger partial charge on any atom is 0.417 e. The maximum atomic E-state index is 13.1. The Labute approximate surface area is 219 Å². The van der Waals surface area contributed by atoms with Gasteiger partial charge in [0.1, 0.15) is 17.5 Å². The van der Waals surface area contributed by atoms with Crippen LogP contribution >= 0.6 is 34.8 Å². The molecular formula is C21H13Cl3F3N5O5. The summed E-state index contributed by atoms with van der Waals surface area (Å²) in [5.41, 5.74) is -0.590. The number of imidazole rings is 1. The van der Waals surface area contributed by atoms with Crippen LogP contribution in [0.3, 0.4) is 0 Å². The van der Waals surface area contributed by atoms with Crippen LogP contribution < -0.4 is 10.1 Å². The molecule has 3 N–H and O–H groups in total. The lowest BCUT2D eigenvalue weighted by Gasteiger charge is -2.32. The quantitative estimate of drug-likeness (QED) is 0.310. The number of alkyl halides is 3. The van der Waals surface area contributed by atoms with Crippen LogP contribution in [0.2, 0.25) is 15.1 Å². The van der Waals surface area contributed by atoms with Crippen molar-refractivity contribution in [3.8, 4) is 28.7 Å². The molecule has 4 aromatic rings. The third-order valence-electron chi connectivity index (χ3n) is 5.40. The second kappa shape index (κ2) is 9.03. The number of piperidine rings is 1. The number of benzene rings is 1. The highest BCUT2D eigenvalue weighted by molar-refractivity contribution is 6.36. The van der Waals surface area contributed by atoms with Gasteiger partial charge >= 0.3 is 6.18 Å². The minimum atomic E-state index is -4.60. The van der Waals surface area contributed by atoms with Gasteiger partial charge in [-0.15, -0.1) is 0 Å². The zero-order valence-corrected chi connectivity index (χ0v) is 20.3. The number of nitrogens with zero attached hydrogens (tertiary/aromatic N) is 4. The summed E-state index contributed by atoms with van der Waals surface area (Å²) in [6.45, 7) is 0.0130. The van der Waals surface area contributed by atoms with Crippen LogP contribution in [0.1, 0.15) is 12.0 Å². The Morgan fingerprint density at radius 1 is 1.11 bits per heavy atom. The molecule has 37 heavy (non-hydrogen) atoms. The predicted octanol–water partition coefficient (Wildman–Crippen LogP) is 3.98. The third kappa shape index (κ3) is 4.92. The molecule has 1 fully saturated rings. The van der Waals surface area contributed by atoms with E-state index in [9.17, 15) is 28.2 Å². The van der Waals surface area contributed by atoms with E-state index in [0.717, 1.165) is 16.7 Å². The summed E-state index contributed by atoms with van der Waals surface area (Å²) >= 11 is 18.6. The molecule has 5 rings (SSSR count). The molecule has 1 saturated heterocycles. The first kappa shape index (κ1) is 25.5. The number of nitrogens with one attached hydrogen (secondary N) is 1. The minimum Gasteiger partial charge on any atom is -0.487 e. The van der Waals surface area contributed by atoms with Crippen molar-refractivity contribution in [3.05, 3.63) is 51.2 Å². The topological polar surface area (TPSA) is 135 Å². The van der Waals surface area contributed by atoms with Crippen LogP contribution in [0.4, 0.5) is 13.2 Å². The first-order valence-electron chi connectivity index (χ1n) is 10.3. The second-order valence-electron chi connectivity index (χ2n) is 8.09. The number of pyridine rings is 1. The van der Waals surface area contributed by atoms with E-state index in [2.05, 4.69) is 20.4 Å². The summed E-state index contributed by atoms with van der Waals surface area (Å²) in [6, 6.07) is 3.50. The maximum absolute atomic E-state index is 13.1. The van der Waals surface area contributed by atoms with E-state index in [1.165, 1.54) is 18.3 Å². The number of halogens is 6. The molecule has 0 aliphatic carbocycles. The first-order valence-corrected chi connectivity index (χ1v) is 11.4. The minimum absolute atomic E-state index is 0.00208. The van der Waals surface area contributed by atoms with Crippen molar-refractivity contribution in [1.29, 1.82) is 0 Å². The third-order valence-corrected chi connectivity index (χ3v) is 6.29. The molecule has 10 nitrogen and oxygen atoms in total. The number of hydrogen-bond donors (Lipinski definition) is 3. The van der Waals surface area contributed by atoms with Gasteiger partial charge in [0.25, 0.3) is 11.8 Å². The number of ether oxygens (including phenoxy) is 1. The van der Waals surface area contributed by atoms with Crippen molar-refractivity contribution in [2.45, 2.75) is 24.5 Å². The Kier molecular flexibility index (Phi) is 6.23. The summed E-state index contributed by atoms with van der Waals surface area (Å²) < 4.78 is 51.3. The van der Waals surface area contributed by atoms with Crippen LogP contribution in [-0.2, 0) is 11.0 Å². The Morgan fingerprint density at radius 2 is 1.86 bits per heavy atom. The molecule has 0 spiro atoms. The molecule has 16 heteroatoms. The Bertz CT molecular complexity index is 1540. The van der Waals surface area contributed by atoms with Crippen LogP contribution in [0.5, 0.6) is 5.75 Å². The predicted molar refractivity (Wildman–Crippen MR) is 123 cm³/mol. The summed E-state index contributed by atoms with van der Waals surface area (Å²) in [7, 11) is 0. The lowest BCUT2D eigenvalue weighted by molar-refractivity contribution is -0.200. The molecule has 0 radical (unpaired) electrons. The van der Waals surface area contributed by atoms with Gasteiger partial charge in [-0.25, -0.2) is 4.98 Å². The molecule has 3 aromatic heterocycles. The molecule has 1 aliphatic rings. The van der Waals surface area contributed by atoms with E-state index in [0.29, 0.717) is 0 Å². The number of carbonyl (C=O) groups is 1. The standard InChI is InChI=1S/C21H13Cl3F3N5O5/c22-11-3-15(36-9-4-20(34,35)19(33)28-5-9)12(23)2-10(11)16-30-18(37-31-16)14-7-32-6-8(21(25,26)27)1-13(24)17(32)29-14/h1-3,6-7,9,34-35H,4-5H2,(H,28,33). The molecule has 0 saturated carbocycles. The van der Waals surface area contributed by atoms with Gasteiger partial charge in [0.05, 0.1) is 27.2 Å². The Hall–Kier alpha value is -3.10. The molecule has 1 aromatic carbocycles. The normalized spacial score (nSPS) is 17.7.